The number of ether oxygens (including phenoxy) is 1. The van der Waals surface area contributed by atoms with E-state index in [1.807, 2.05) is 24.3 Å². The Morgan fingerprint density at radius 2 is 2.08 bits per heavy atom. The van der Waals surface area contributed by atoms with Crippen LogP contribution in [-0.2, 0) is 14.3 Å². The Morgan fingerprint density at radius 3 is 2.81 bits per heavy atom. The second-order valence-electron chi connectivity index (χ2n) is 6.26. The van der Waals surface area contributed by atoms with E-state index in [9.17, 15) is 14.9 Å². The summed E-state index contributed by atoms with van der Waals surface area (Å²) in [7, 11) is 0. The standard InChI is InChI=1S/C19H19N3O3S/c20-13-19(10-4-1-5-11-19)22-16(23)12-25-18(24)9-8-17-21-14-6-2-3-7-15(14)26-17/h2-3,6-9H,1,4-5,10-12H2,(H,22,23)/b9-8+. The van der Waals surface area contributed by atoms with Gasteiger partial charge in [-0.05, 0) is 31.1 Å². The van der Waals surface area contributed by atoms with Gasteiger partial charge < -0.3 is 10.1 Å². The predicted octanol–water partition coefficient (Wildman–Crippen LogP) is 3.20. The van der Waals surface area contributed by atoms with Crippen molar-refractivity contribution in [2.75, 3.05) is 6.61 Å². The third-order valence-corrected chi connectivity index (χ3v) is 5.32. The van der Waals surface area contributed by atoms with Gasteiger partial charge in [0.2, 0.25) is 0 Å². The molecule has 1 saturated carbocycles. The van der Waals surface area contributed by atoms with E-state index in [4.69, 9.17) is 4.74 Å². The first-order valence-electron chi connectivity index (χ1n) is 8.53. The summed E-state index contributed by atoms with van der Waals surface area (Å²) in [5.41, 5.74) is 0.0534. The highest BCUT2D eigenvalue weighted by Gasteiger charge is 2.33. The molecule has 7 heteroatoms. The Labute approximate surface area is 155 Å². The van der Waals surface area contributed by atoms with Crippen LogP contribution in [0.1, 0.15) is 37.1 Å². The molecule has 26 heavy (non-hydrogen) atoms. The van der Waals surface area contributed by atoms with E-state index in [1.165, 1.54) is 17.4 Å². The topological polar surface area (TPSA) is 92.1 Å². The molecule has 1 aliphatic rings. The van der Waals surface area contributed by atoms with Crippen molar-refractivity contribution in [3.63, 3.8) is 0 Å². The number of nitrogens with zero attached hydrogens (tertiary/aromatic N) is 2. The monoisotopic (exact) mass is 369 g/mol. The van der Waals surface area contributed by atoms with Crippen LogP contribution in [0.3, 0.4) is 0 Å². The van der Waals surface area contributed by atoms with Crippen molar-refractivity contribution < 1.29 is 14.3 Å². The Bertz CT molecular complexity index is 843. The van der Waals surface area contributed by atoms with Crippen molar-refractivity contribution in [3.05, 3.63) is 35.3 Å². The SMILES string of the molecule is N#CC1(NC(=O)COC(=O)/C=C/c2nc3ccccc3s2)CCCCC1. The quantitative estimate of drug-likeness (QED) is 0.645. The highest BCUT2D eigenvalue weighted by Crippen LogP contribution is 2.27. The number of rotatable bonds is 5. The molecule has 0 atom stereocenters. The van der Waals surface area contributed by atoms with Crippen LogP contribution in [0.25, 0.3) is 16.3 Å². The van der Waals surface area contributed by atoms with Crippen LogP contribution in [0.4, 0.5) is 0 Å². The number of esters is 1. The molecule has 3 rings (SSSR count). The zero-order chi connectivity index (χ0) is 18.4. The van der Waals surface area contributed by atoms with E-state index in [2.05, 4.69) is 16.4 Å². The van der Waals surface area contributed by atoms with Crippen molar-refractivity contribution in [2.24, 2.45) is 0 Å². The number of hydrogen-bond acceptors (Lipinski definition) is 6. The zero-order valence-corrected chi connectivity index (χ0v) is 15.1. The van der Waals surface area contributed by atoms with Gasteiger partial charge in [-0.25, -0.2) is 9.78 Å². The second-order valence-corrected chi connectivity index (χ2v) is 7.33. The fourth-order valence-corrected chi connectivity index (χ4v) is 3.88. The molecule has 1 aromatic carbocycles. The smallest absolute Gasteiger partial charge is 0.331 e. The number of thiazole rings is 1. The molecule has 2 aromatic rings. The van der Waals surface area contributed by atoms with E-state index in [0.717, 1.165) is 29.5 Å². The number of aromatic nitrogens is 1. The fraction of sp³-hybridized carbons (Fsp3) is 0.368. The molecule has 1 aromatic heterocycles. The first-order valence-corrected chi connectivity index (χ1v) is 9.35. The van der Waals surface area contributed by atoms with Crippen molar-refractivity contribution in [3.8, 4) is 6.07 Å². The molecule has 1 aliphatic carbocycles. The van der Waals surface area contributed by atoms with E-state index < -0.39 is 24.0 Å². The summed E-state index contributed by atoms with van der Waals surface area (Å²) in [6.07, 6.45) is 7.01. The summed E-state index contributed by atoms with van der Waals surface area (Å²) in [4.78, 5) is 28.2. The predicted molar refractivity (Wildman–Crippen MR) is 99.2 cm³/mol. The van der Waals surface area contributed by atoms with Gasteiger partial charge in [0.15, 0.2) is 6.61 Å². The normalized spacial score (nSPS) is 16.3. The van der Waals surface area contributed by atoms with E-state index >= 15 is 0 Å². The highest BCUT2D eigenvalue weighted by molar-refractivity contribution is 7.19. The first kappa shape index (κ1) is 18.1. The van der Waals surface area contributed by atoms with Gasteiger partial charge in [-0.15, -0.1) is 11.3 Å². The molecule has 6 nitrogen and oxygen atoms in total. The minimum Gasteiger partial charge on any atom is -0.452 e. The van der Waals surface area contributed by atoms with E-state index in [0.29, 0.717) is 17.8 Å². The molecule has 1 N–H and O–H groups in total. The molecule has 0 bridgehead atoms. The van der Waals surface area contributed by atoms with E-state index in [1.54, 1.807) is 6.08 Å². The number of carbonyl (C=O) groups excluding carboxylic acids is 2. The van der Waals surface area contributed by atoms with Crippen molar-refractivity contribution in [1.29, 1.82) is 5.26 Å². The Morgan fingerprint density at radius 1 is 1.31 bits per heavy atom. The van der Waals surface area contributed by atoms with Gasteiger partial charge in [-0.2, -0.15) is 5.26 Å². The molecule has 0 radical (unpaired) electrons. The van der Waals surface area contributed by atoms with Gasteiger partial charge in [0.05, 0.1) is 16.3 Å². The van der Waals surface area contributed by atoms with Crippen LogP contribution in [0, 0.1) is 11.3 Å². The summed E-state index contributed by atoms with van der Waals surface area (Å²) < 4.78 is 6.00. The van der Waals surface area contributed by atoms with Crippen molar-refractivity contribution >= 4 is 39.5 Å². The number of benzene rings is 1. The molecule has 134 valence electrons. The van der Waals surface area contributed by atoms with Gasteiger partial charge in [-0.1, -0.05) is 31.4 Å². The Kier molecular flexibility index (Phi) is 5.64. The van der Waals surface area contributed by atoms with Gasteiger partial charge in [0.1, 0.15) is 10.5 Å². The fourth-order valence-electron chi connectivity index (χ4n) is 3.01. The van der Waals surface area contributed by atoms with Crippen LogP contribution < -0.4 is 5.32 Å². The average Bonchev–Trinajstić information content (AvgIpc) is 3.08. The summed E-state index contributed by atoms with van der Waals surface area (Å²) >= 11 is 1.47. The minimum absolute atomic E-state index is 0.396. The van der Waals surface area contributed by atoms with Gasteiger partial charge in [0, 0.05) is 6.08 Å². The molecule has 0 spiro atoms. The van der Waals surface area contributed by atoms with Gasteiger partial charge in [0.25, 0.3) is 5.91 Å². The van der Waals surface area contributed by atoms with Crippen LogP contribution >= 0.6 is 11.3 Å². The first-order chi connectivity index (χ1) is 12.6. The summed E-state index contributed by atoms with van der Waals surface area (Å²) in [6, 6.07) is 9.91. The summed E-state index contributed by atoms with van der Waals surface area (Å²) in [6.45, 7) is -0.396. The number of fused-ring (bicyclic) bond motifs is 1. The number of para-hydroxylation sites is 1. The lowest BCUT2D eigenvalue weighted by Gasteiger charge is -2.31. The molecule has 1 fully saturated rings. The van der Waals surface area contributed by atoms with Crippen molar-refractivity contribution in [2.45, 2.75) is 37.6 Å². The van der Waals surface area contributed by atoms with Crippen molar-refractivity contribution in [1.82, 2.24) is 10.3 Å². The molecule has 0 unspecified atom stereocenters. The molecular formula is C19H19N3O3S. The van der Waals surface area contributed by atoms with Gasteiger partial charge >= 0.3 is 5.97 Å². The number of carbonyl (C=O) groups is 2. The molecule has 1 amide bonds. The second kappa shape index (κ2) is 8.11. The number of nitriles is 1. The van der Waals surface area contributed by atoms with Crippen LogP contribution in [0.5, 0.6) is 0 Å². The lowest BCUT2D eigenvalue weighted by Crippen LogP contribution is -2.49. The number of hydrogen-bond donors (Lipinski definition) is 1. The lowest BCUT2D eigenvalue weighted by molar-refractivity contribution is -0.144. The highest BCUT2D eigenvalue weighted by atomic mass is 32.1. The van der Waals surface area contributed by atoms with Gasteiger partial charge in [-0.3, -0.25) is 4.79 Å². The maximum absolute atomic E-state index is 12.0. The number of nitrogens with one attached hydrogen (secondary N) is 1. The maximum Gasteiger partial charge on any atom is 0.331 e. The van der Waals surface area contributed by atoms with E-state index in [-0.39, 0.29) is 0 Å². The van der Waals surface area contributed by atoms with Crippen LogP contribution in [-0.4, -0.2) is 29.0 Å². The summed E-state index contributed by atoms with van der Waals surface area (Å²) in [5.74, 6) is -1.07. The average molecular weight is 369 g/mol. The molecular weight excluding hydrogens is 350 g/mol. The zero-order valence-electron chi connectivity index (χ0n) is 14.2. The molecule has 0 saturated heterocycles. The maximum atomic E-state index is 12.0. The largest absolute Gasteiger partial charge is 0.452 e. The lowest BCUT2D eigenvalue weighted by atomic mass is 9.83. The molecule has 0 aliphatic heterocycles. The Balaban J connectivity index is 1.50. The minimum atomic E-state index is -0.821. The van der Waals surface area contributed by atoms with Crippen LogP contribution in [0.2, 0.25) is 0 Å². The Hall–Kier alpha value is -2.72. The summed E-state index contributed by atoms with van der Waals surface area (Å²) in [5, 5.41) is 12.8. The number of amides is 1. The van der Waals surface area contributed by atoms with Crippen LogP contribution in [0.15, 0.2) is 30.3 Å². The third kappa shape index (κ3) is 4.46. The third-order valence-electron chi connectivity index (χ3n) is 4.32. The molecule has 1 heterocycles.